The predicted molar refractivity (Wildman–Crippen MR) is 72.7 cm³/mol. The highest BCUT2D eigenvalue weighted by Crippen LogP contribution is 2.33. The van der Waals surface area contributed by atoms with Gasteiger partial charge in [-0.2, -0.15) is 5.10 Å². The minimum atomic E-state index is -0.197. The number of aromatic nitrogens is 2. The fourth-order valence-electron chi connectivity index (χ4n) is 2.01. The molecule has 0 aromatic carbocycles. The fourth-order valence-corrected chi connectivity index (χ4v) is 2.62. The number of nitrogens with zero attached hydrogens (tertiary/aromatic N) is 2. The van der Waals surface area contributed by atoms with Crippen LogP contribution in [-0.2, 0) is 11.8 Å². The molecule has 2 unspecified atom stereocenters. The van der Waals surface area contributed by atoms with E-state index in [1.807, 2.05) is 14.0 Å². The van der Waals surface area contributed by atoms with Gasteiger partial charge in [0.05, 0.1) is 28.5 Å². The van der Waals surface area contributed by atoms with Crippen LogP contribution in [0.2, 0.25) is 0 Å². The van der Waals surface area contributed by atoms with Crippen molar-refractivity contribution in [1.82, 2.24) is 9.78 Å². The van der Waals surface area contributed by atoms with Gasteiger partial charge in [-0.15, -0.1) is 0 Å². The Morgan fingerprint density at radius 1 is 1.53 bits per heavy atom. The number of hydrogen-bond donors (Lipinski definition) is 1. The van der Waals surface area contributed by atoms with Crippen LogP contribution in [0, 0.1) is 5.41 Å². The largest absolute Gasteiger partial charge is 0.376 e. The van der Waals surface area contributed by atoms with E-state index in [-0.39, 0.29) is 17.6 Å². The average molecular weight is 304 g/mol. The summed E-state index contributed by atoms with van der Waals surface area (Å²) < 4.78 is 8.55. The molecule has 0 amide bonds. The molecule has 2 atom stereocenters. The molecule has 0 saturated heterocycles. The monoisotopic (exact) mass is 303 g/mol. The Hall–Kier alpha value is -0.390. The molecule has 1 heterocycles. The zero-order valence-corrected chi connectivity index (χ0v) is 12.8. The molecule has 0 spiro atoms. The number of nitrogens with two attached hydrogens (primary N) is 1. The number of hydrogen-bond acceptors (Lipinski definition) is 3. The molecule has 0 aliphatic rings. The fraction of sp³-hybridized carbons (Fsp3) is 0.750. The first-order chi connectivity index (χ1) is 7.79. The highest BCUT2D eigenvalue weighted by Gasteiger charge is 2.34. The van der Waals surface area contributed by atoms with Gasteiger partial charge in [0, 0.05) is 13.7 Å². The van der Waals surface area contributed by atoms with Crippen molar-refractivity contribution in [2.24, 2.45) is 18.2 Å². The number of halogens is 1. The highest BCUT2D eigenvalue weighted by molar-refractivity contribution is 9.10. The maximum absolute atomic E-state index is 6.34. The van der Waals surface area contributed by atoms with E-state index >= 15 is 0 Å². The molecule has 0 radical (unpaired) electrons. The summed E-state index contributed by atoms with van der Waals surface area (Å²) in [6.07, 6.45) is 1.72. The van der Waals surface area contributed by atoms with Crippen molar-refractivity contribution in [3.63, 3.8) is 0 Å². The van der Waals surface area contributed by atoms with Gasteiger partial charge in [-0.25, -0.2) is 0 Å². The van der Waals surface area contributed by atoms with Crippen molar-refractivity contribution in [3.05, 3.63) is 16.4 Å². The summed E-state index contributed by atoms with van der Waals surface area (Å²) in [5, 5.41) is 4.20. The van der Waals surface area contributed by atoms with Gasteiger partial charge in [-0.1, -0.05) is 20.8 Å². The molecule has 5 heteroatoms. The highest BCUT2D eigenvalue weighted by atomic mass is 79.9. The molecule has 98 valence electrons. The lowest BCUT2D eigenvalue weighted by Gasteiger charge is -2.35. The molecule has 1 aromatic rings. The molecule has 0 fully saturated rings. The Morgan fingerprint density at radius 3 is 2.47 bits per heavy atom. The van der Waals surface area contributed by atoms with Gasteiger partial charge in [-0.05, 0) is 28.3 Å². The summed E-state index contributed by atoms with van der Waals surface area (Å²) in [6.45, 7) is 9.06. The van der Waals surface area contributed by atoms with E-state index in [1.54, 1.807) is 10.9 Å². The zero-order valence-electron chi connectivity index (χ0n) is 11.2. The Bertz CT molecular complexity index is 351. The molecule has 2 N–H and O–H groups in total. The maximum atomic E-state index is 6.34. The topological polar surface area (TPSA) is 53.1 Å². The first kappa shape index (κ1) is 14.7. The third-order valence-corrected chi connectivity index (χ3v) is 3.39. The van der Waals surface area contributed by atoms with Gasteiger partial charge in [0.1, 0.15) is 0 Å². The third kappa shape index (κ3) is 3.30. The maximum Gasteiger partial charge on any atom is 0.0831 e. The minimum absolute atomic E-state index is 0.0147. The van der Waals surface area contributed by atoms with Crippen LogP contribution in [0.25, 0.3) is 0 Å². The van der Waals surface area contributed by atoms with E-state index < -0.39 is 0 Å². The van der Waals surface area contributed by atoms with E-state index in [0.717, 1.165) is 10.2 Å². The first-order valence-electron chi connectivity index (χ1n) is 5.83. The Labute approximate surface area is 112 Å². The van der Waals surface area contributed by atoms with Gasteiger partial charge in [0.2, 0.25) is 0 Å². The van der Waals surface area contributed by atoms with Crippen LogP contribution in [0.3, 0.4) is 0 Å². The Kier molecular flexibility index (Phi) is 4.75. The van der Waals surface area contributed by atoms with E-state index in [1.165, 1.54) is 0 Å². The van der Waals surface area contributed by atoms with Crippen molar-refractivity contribution in [1.29, 1.82) is 0 Å². The summed E-state index contributed by atoms with van der Waals surface area (Å²) in [7, 11) is 1.89. The second kappa shape index (κ2) is 5.50. The van der Waals surface area contributed by atoms with Gasteiger partial charge in [0.15, 0.2) is 0 Å². The summed E-state index contributed by atoms with van der Waals surface area (Å²) in [5.41, 5.74) is 7.30. The van der Waals surface area contributed by atoms with Crippen molar-refractivity contribution in [2.45, 2.75) is 39.8 Å². The Balaban J connectivity index is 3.04. The van der Waals surface area contributed by atoms with E-state index in [9.17, 15) is 0 Å². The van der Waals surface area contributed by atoms with Gasteiger partial charge >= 0.3 is 0 Å². The van der Waals surface area contributed by atoms with Crippen molar-refractivity contribution in [2.75, 3.05) is 6.61 Å². The smallest absolute Gasteiger partial charge is 0.0831 e. The van der Waals surface area contributed by atoms with E-state index in [4.69, 9.17) is 10.5 Å². The molecule has 1 rings (SSSR count). The standard InChI is InChI=1S/C12H22BrN3O/c1-6-17-11(12(2,3)4)9(14)10-8(13)7-15-16(10)5/h7,9,11H,6,14H2,1-5H3. The van der Waals surface area contributed by atoms with Crippen LogP contribution in [0.1, 0.15) is 39.4 Å². The Morgan fingerprint density at radius 2 is 2.12 bits per heavy atom. The zero-order chi connectivity index (χ0) is 13.2. The van der Waals surface area contributed by atoms with Crippen LogP contribution < -0.4 is 5.73 Å². The summed E-state index contributed by atoms with van der Waals surface area (Å²) in [4.78, 5) is 0. The summed E-state index contributed by atoms with van der Waals surface area (Å²) in [5.74, 6) is 0. The van der Waals surface area contributed by atoms with Crippen molar-refractivity contribution in [3.8, 4) is 0 Å². The number of ether oxygens (including phenoxy) is 1. The van der Waals surface area contributed by atoms with Gasteiger partial charge in [0.25, 0.3) is 0 Å². The van der Waals surface area contributed by atoms with Crippen LogP contribution in [-0.4, -0.2) is 22.5 Å². The SMILES string of the molecule is CCOC(C(N)c1c(Br)cnn1C)C(C)(C)C. The van der Waals surface area contributed by atoms with Crippen LogP contribution in [0.4, 0.5) is 0 Å². The average Bonchev–Trinajstić information content (AvgIpc) is 2.52. The van der Waals surface area contributed by atoms with E-state index in [0.29, 0.717) is 6.61 Å². The van der Waals surface area contributed by atoms with Crippen LogP contribution in [0.15, 0.2) is 10.7 Å². The number of rotatable bonds is 4. The third-order valence-electron chi connectivity index (χ3n) is 2.78. The summed E-state index contributed by atoms with van der Waals surface area (Å²) >= 11 is 3.48. The second-order valence-electron chi connectivity index (χ2n) is 5.27. The number of aryl methyl sites for hydroxylation is 1. The first-order valence-corrected chi connectivity index (χ1v) is 6.63. The van der Waals surface area contributed by atoms with Gasteiger partial charge < -0.3 is 10.5 Å². The van der Waals surface area contributed by atoms with Gasteiger partial charge in [-0.3, -0.25) is 4.68 Å². The molecule has 0 saturated carbocycles. The van der Waals surface area contributed by atoms with Crippen molar-refractivity contribution >= 4 is 15.9 Å². The quantitative estimate of drug-likeness (QED) is 0.930. The molecule has 1 aromatic heterocycles. The second-order valence-corrected chi connectivity index (χ2v) is 6.12. The predicted octanol–water partition coefficient (Wildman–Crippen LogP) is 2.63. The van der Waals surface area contributed by atoms with Crippen molar-refractivity contribution < 1.29 is 4.74 Å². The minimum Gasteiger partial charge on any atom is -0.376 e. The molecule has 0 bridgehead atoms. The van der Waals surface area contributed by atoms with Crippen LogP contribution in [0.5, 0.6) is 0 Å². The molecular weight excluding hydrogens is 282 g/mol. The molecule has 17 heavy (non-hydrogen) atoms. The normalized spacial score (nSPS) is 15.9. The lowest BCUT2D eigenvalue weighted by Crippen LogP contribution is -2.40. The molecule has 0 aliphatic carbocycles. The van der Waals surface area contributed by atoms with E-state index in [2.05, 4.69) is 41.8 Å². The summed E-state index contributed by atoms with van der Waals surface area (Å²) in [6, 6.07) is -0.197. The van der Waals surface area contributed by atoms with Crippen LogP contribution >= 0.6 is 15.9 Å². The molecule has 4 nitrogen and oxygen atoms in total. The lowest BCUT2D eigenvalue weighted by molar-refractivity contribution is -0.0298. The lowest BCUT2D eigenvalue weighted by atomic mass is 9.83. The molecular formula is C12H22BrN3O. The molecule has 0 aliphatic heterocycles.